The highest BCUT2D eigenvalue weighted by Gasteiger charge is 2.21. The van der Waals surface area contributed by atoms with Crippen LogP contribution in [0.4, 0.5) is 11.4 Å². The van der Waals surface area contributed by atoms with Crippen LogP contribution >= 0.6 is 11.8 Å². The van der Waals surface area contributed by atoms with Crippen molar-refractivity contribution in [3.8, 4) is 11.6 Å². The fraction of sp³-hybridized carbons (Fsp3) is 0.231. The quantitative estimate of drug-likeness (QED) is 0.340. The Balaban J connectivity index is 1.19. The van der Waals surface area contributed by atoms with Gasteiger partial charge in [0.05, 0.1) is 12.8 Å². The molecule has 0 spiro atoms. The van der Waals surface area contributed by atoms with Crippen LogP contribution in [-0.2, 0) is 16.1 Å². The van der Waals surface area contributed by atoms with E-state index in [1.165, 1.54) is 11.8 Å². The van der Waals surface area contributed by atoms with Gasteiger partial charge >= 0.3 is 0 Å². The van der Waals surface area contributed by atoms with Crippen LogP contribution in [0.25, 0.3) is 11.6 Å². The molecule has 8 nitrogen and oxygen atoms in total. The summed E-state index contributed by atoms with van der Waals surface area (Å²) in [6, 6.07) is 21.2. The number of amides is 2. The summed E-state index contributed by atoms with van der Waals surface area (Å²) in [6.07, 6.45) is 3.42. The van der Waals surface area contributed by atoms with E-state index in [1.807, 2.05) is 59.2 Å². The van der Waals surface area contributed by atoms with Crippen LogP contribution in [0.15, 0.2) is 82.6 Å². The predicted molar refractivity (Wildman–Crippen MR) is 135 cm³/mol. The first-order chi connectivity index (χ1) is 17.2. The topological polar surface area (TPSA) is 93.3 Å². The monoisotopic (exact) mass is 487 g/mol. The third kappa shape index (κ3) is 5.46. The van der Waals surface area contributed by atoms with E-state index in [1.54, 1.807) is 11.2 Å². The van der Waals surface area contributed by atoms with E-state index in [-0.39, 0.29) is 11.8 Å². The van der Waals surface area contributed by atoms with Crippen molar-refractivity contribution in [1.82, 2.24) is 14.8 Å². The molecule has 9 heteroatoms. The largest absolute Gasteiger partial charge is 0.461 e. The number of nitrogens with one attached hydrogen (secondary N) is 1. The van der Waals surface area contributed by atoms with Gasteiger partial charge in [-0.15, -0.1) is 10.2 Å². The van der Waals surface area contributed by atoms with Gasteiger partial charge in [-0.1, -0.05) is 42.1 Å². The zero-order valence-corrected chi connectivity index (χ0v) is 19.9. The van der Waals surface area contributed by atoms with Gasteiger partial charge in [0.1, 0.15) is 0 Å². The highest BCUT2D eigenvalue weighted by Crippen LogP contribution is 2.26. The molecular formula is C26H25N5O3S. The third-order valence-electron chi connectivity index (χ3n) is 5.74. The van der Waals surface area contributed by atoms with Crippen molar-refractivity contribution in [2.45, 2.75) is 31.0 Å². The average Bonchev–Trinajstić information content (AvgIpc) is 3.63. The zero-order chi connectivity index (χ0) is 24.0. The lowest BCUT2D eigenvalue weighted by molar-refractivity contribution is -0.117. The van der Waals surface area contributed by atoms with Crippen molar-refractivity contribution in [2.24, 2.45) is 0 Å². The Bertz CT molecular complexity index is 1290. The van der Waals surface area contributed by atoms with Gasteiger partial charge in [-0.05, 0) is 48.4 Å². The Morgan fingerprint density at radius 2 is 1.86 bits per heavy atom. The lowest BCUT2D eigenvalue weighted by Gasteiger charge is -2.16. The third-order valence-corrected chi connectivity index (χ3v) is 6.71. The highest BCUT2D eigenvalue weighted by molar-refractivity contribution is 7.99. The summed E-state index contributed by atoms with van der Waals surface area (Å²) in [4.78, 5) is 26.2. The molecule has 0 bridgehead atoms. The number of hydrogen-bond acceptors (Lipinski definition) is 6. The second kappa shape index (κ2) is 10.6. The van der Waals surface area contributed by atoms with Crippen LogP contribution in [0, 0.1) is 0 Å². The van der Waals surface area contributed by atoms with E-state index in [2.05, 4.69) is 27.6 Å². The number of furan rings is 1. The van der Waals surface area contributed by atoms with Crippen LogP contribution in [0.3, 0.4) is 0 Å². The molecule has 0 atom stereocenters. The van der Waals surface area contributed by atoms with Gasteiger partial charge in [0, 0.05) is 36.5 Å². The standard InChI is InChI=1S/C26H25N5O3S/c32-23(27-20-10-12-21(13-11-20)30-15-4-9-24(30)33)14-17-35-26-29-28-25(22-8-5-16-34-22)31(26)18-19-6-2-1-3-7-19/h1-3,5-8,10-13,16H,4,9,14-15,17-18H2,(H,27,32). The number of carbonyl (C=O) groups is 2. The van der Waals surface area contributed by atoms with Crippen LogP contribution < -0.4 is 10.2 Å². The van der Waals surface area contributed by atoms with Gasteiger partial charge in [-0.3, -0.25) is 14.2 Å². The minimum absolute atomic E-state index is 0.0807. The maximum absolute atomic E-state index is 12.5. The van der Waals surface area contributed by atoms with Crippen molar-refractivity contribution in [2.75, 3.05) is 22.5 Å². The van der Waals surface area contributed by atoms with E-state index >= 15 is 0 Å². The fourth-order valence-electron chi connectivity index (χ4n) is 4.00. The summed E-state index contributed by atoms with van der Waals surface area (Å²) in [5.41, 5.74) is 2.70. The molecule has 0 radical (unpaired) electrons. The highest BCUT2D eigenvalue weighted by atomic mass is 32.2. The molecule has 1 aliphatic rings. The maximum atomic E-state index is 12.5. The van der Waals surface area contributed by atoms with Gasteiger partial charge in [0.25, 0.3) is 0 Å². The maximum Gasteiger partial charge on any atom is 0.227 e. The summed E-state index contributed by atoms with van der Waals surface area (Å²) in [6.45, 7) is 1.35. The minimum Gasteiger partial charge on any atom is -0.461 e. The molecule has 5 rings (SSSR count). The van der Waals surface area contributed by atoms with Crippen molar-refractivity contribution < 1.29 is 14.0 Å². The number of thioether (sulfide) groups is 1. The lowest BCUT2D eigenvalue weighted by Crippen LogP contribution is -2.23. The first-order valence-corrected chi connectivity index (χ1v) is 12.5. The predicted octanol–water partition coefficient (Wildman–Crippen LogP) is 4.83. The molecule has 0 saturated carbocycles. The molecule has 1 saturated heterocycles. The van der Waals surface area contributed by atoms with E-state index < -0.39 is 0 Å². The molecular weight excluding hydrogens is 462 g/mol. The van der Waals surface area contributed by atoms with Crippen molar-refractivity contribution >= 4 is 35.0 Å². The number of anilines is 2. The molecule has 178 valence electrons. The van der Waals surface area contributed by atoms with Gasteiger partial charge < -0.3 is 14.6 Å². The Hall–Kier alpha value is -3.85. The fourth-order valence-corrected chi connectivity index (χ4v) is 4.87. The number of aromatic nitrogens is 3. The van der Waals surface area contributed by atoms with E-state index in [9.17, 15) is 9.59 Å². The number of rotatable bonds is 9. The van der Waals surface area contributed by atoms with E-state index in [0.29, 0.717) is 42.4 Å². The second-order valence-corrected chi connectivity index (χ2v) is 9.26. The number of nitrogens with zero attached hydrogens (tertiary/aromatic N) is 4. The molecule has 35 heavy (non-hydrogen) atoms. The first-order valence-electron chi connectivity index (χ1n) is 11.5. The van der Waals surface area contributed by atoms with Gasteiger partial charge in [-0.2, -0.15) is 0 Å². The lowest BCUT2D eigenvalue weighted by atomic mass is 10.2. The molecule has 0 aliphatic carbocycles. The molecule has 1 N–H and O–H groups in total. The van der Waals surface area contributed by atoms with Crippen molar-refractivity contribution in [3.63, 3.8) is 0 Å². The van der Waals surface area contributed by atoms with Crippen molar-refractivity contribution in [1.29, 1.82) is 0 Å². The van der Waals surface area contributed by atoms with Crippen LogP contribution in [0.2, 0.25) is 0 Å². The molecule has 3 heterocycles. The van der Waals surface area contributed by atoms with Gasteiger partial charge in [0.15, 0.2) is 10.9 Å². The Morgan fingerprint density at radius 3 is 2.57 bits per heavy atom. The summed E-state index contributed by atoms with van der Waals surface area (Å²) in [5, 5.41) is 12.3. The molecule has 1 fully saturated rings. The first kappa shape index (κ1) is 22.9. The van der Waals surface area contributed by atoms with Crippen LogP contribution in [0.5, 0.6) is 0 Å². The number of benzene rings is 2. The van der Waals surface area contributed by atoms with Gasteiger partial charge in [-0.25, -0.2) is 0 Å². The molecule has 2 aromatic carbocycles. The van der Waals surface area contributed by atoms with Crippen LogP contribution in [-0.4, -0.2) is 38.9 Å². The summed E-state index contributed by atoms with van der Waals surface area (Å²) in [5.74, 6) is 1.92. The SMILES string of the molecule is O=C(CCSc1nnc(-c2ccco2)n1Cc1ccccc1)Nc1ccc(N2CCCC2=O)cc1. The molecule has 0 unspecified atom stereocenters. The van der Waals surface area contributed by atoms with E-state index in [0.717, 1.165) is 29.4 Å². The zero-order valence-electron chi connectivity index (χ0n) is 19.1. The molecule has 4 aromatic rings. The average molecular weight is 488 g/mol. The number of hydrogen-bond donors (Lipinski definition) is 1. The summed E-state index contributed by atoms with van der Waals surface area (Å²) < 4.78 is 7.56. The normalized spacial score (nSPS) is 13.4. The second-order valence-electron chi connectivity index (χ2n) is 8.20. The molecule has 2 amide bonds. The summed E-state index contributed by atoms with van der Waals surface area (Å²) >= 11 is 1.49. The molecule has 1 aliphatic heterocycles. The number of carbonyl (C=O) groups excluding carboxylic acids is 2. The van der Waals surface area contributed by atoms with Gasteiger partial charge in [0.2, 0.25) is 17.6 Å². The Labute approximate surface area is 207 Å². The Kier molecular flexibility index (Phi) is 6.94. The Morgan fingerprint density at radius 1 is 1.03 bits per heavy atom. The molecule has 2 aromatic heterocycles. The minimum atomic E-state index is -0.0807. The van der Waals surface area contributed by atoms with Crippen molar-refractivity contribution in [3.05, 3.63) is 78.6 Å². The smallest absolute Gasteiger partial charge is 0.227 e. The summed E-state index contributed by atoms with van der Waals surface area (Å²) in [7, 11) is 0. The van der Waals surface area contributed by atoms with Crippen LogP contribution in [0.1, 0.15) is 24.8 Å². The van der Waals surface area contributed by atoms with E-state index in [4.69, 9.17) is 4.42 Å².